The van der Waals surface area contributed by atoms with Crippen LogP contribution in [0.25, 0.3) is 54.4 Å². The average molecular weight is 1180 g/mol. The molecule has 4 aromatic heterocycles. The standard InChI is InChI=1S/C79H126N2OS2/c1-10-15-20-24-28-32-34-38-41-46-51-66(50-45-40-36-30-26-22-17-12-3)60-80-62-70(64(8)49-44-19-14-5)68-56-72-69(57-71(68)80)79(74-55-54-73(82-74)76-59-78-77(84-76)58-75(83-78)63(6)7)65(9)81(72)61-67(52-47-42-37-31-27-23-18-13-4)53-48-43-39-35-33-29-25-21-16-11-2/h19,44,49,54-59,63,66-67H,9-18,20-43,45-48,50-53,60-62H2,1-8H3/b44-19+,64-49+. The number of furan rings is 1. The molecule has 1 aliphatic rings. The highest BCUT2D eigenvalue weighted by Gasteiger charge is 2.28. The molecule has 0 radical (unpaired) electrons. The van der Waals surface area contributed by atoms with Crippen molar-refractivity contribution in [1.29, 1.82) is 0 Å². The summed E-state index contributed by atoms with van der Waals surface area (Å²) in [5.74, 6) is 3.82. The minimum Gasteiger partial charge on any atom is -0.455 e. The molecule has 0 fully saturated rings. The number of allylic oxidation sites excluding steroid dienone is 3. The van der Waals surface area contributed by atoms with Crippen LogP contribution in [0.15, 0.2) is 64.6 Å². The van der Waals surface area contributed by atoms with E-state index in [2.05, 4.69) is 119 Å². The number of benzene rings is 1. The van der Waals surface area contributed by atoms with Crippen molar-refractivity contribution in [3.63, 3.8) is 0 Å². The number of unbranched alkanes of at least 4 members (excludes halogenated alkanes) is 32. The SMILES string of the molecule is C=c1c(-c2ccc(-c3cc4sc(C(C)C)cc4s3)o2)c2cc3c(cc2n1CC(CCCCCCCCCC)CCCCCCCCCCCC)=C(/C(C)=C/C=C/CC)CN3CC(CCCCCCCCCC)CCCCCCCCCCCC. The summed E-state index contributed by atoms with van der Waals surface area (Å²) in [6.07, 6.45) is 63.4. The lowest BCUT2D eigenvalue weighted by molar-refractivity contribution is 0.358. The van der Waals surface area contributed by atoms with E-state index < -0.39 is 0 Å². The first kappa shape index (κ1) is 69.8. The van der Waals surface area contributed by atoms with Crippen molar-refractivity contribution in [2.75, 3.05) is 18.0 Å². The van der Waals surface area contributed by atoms with E-state index in [9.17, 15) is 0 Å². The van der Waals surface area contributed by atoms with Crippen LogP contribution >= 0.6 is 22.7 Å². The van der Waals surface area contributed by atoms with Crippen LogP contribution in [0.4, 0.5) is 5.69 Å². The van der Waals surface area contributed by atoms with Gasteiger partial charge >= 0.3 is 0 Å². The Hall–Kier alpha value is -3.28. The minimum absolute atomic E-state index is 0.546. The summed E-state index contributed by atoms with van der Waals surface area (Å²) in [6.45, 7) is 26.9. The summed E-state index contributed by atoms with van der Waals surface area (Å²) < 4.78 is 12.6. The molecule has 0 amide bonds. The van der Waals surface area contributed by atoms with Gasteiger partial charge in [-0.3, -0.25) is 0 Å². The highest BCUT2D eigenvalue weighted by molar-refractivity contribution is 7.29. The van der Waals surface area contributed by atoms with Crippen LogP contribution in [-0.2, 0) is 6.54 Å². The molecular weight excluding hydrogens is 1060 g/mol. The van der Waals surface area contributed by atoms with E-state index in [0.29, 0.717) is 17.8 Å². The van der Waals surface area contributed by atoms with Crippen LogP contribution in [0.1, 0.15) is 329 Å². The number of hydrogen-bond acceptors (Lipinski definition) is 4. The van der Waals surface area contributed by atoms with Gasteiger partial charge in [-0.25, -0.2) is 0 Å². The third-order valence-electron chi connectivity index (χ3n) is 19.2. The van der Waals surface area contributed by atoms with Crippen molar-refractivity contribution < 1.29 is 4.42 Å². The normalized spacial score (nSPS) is 13.8. The molecule has 0 N–H and O–H groups in total. The third-order valence-corrected chi connectivity index (χ3v) is 21.8. The van der Waals surface area contributed by atoms with Crippen molar-refractivity contribution in [3.8, 4) is 22.0 Å². The molecule has 3 nitrogen and oxygen atoms in total. The number of thiophene rings is 2. The van der Waals surface area contributed by atoms with Crippen LogP contribution in [0, 0.1) is 11.8 Å². The molecule has 0 saturated carbocycles. The van der Waals surface area contributed by atoms with E-state index in [4.69, 9.17) is 11.0 Å². The Labute approximate surface area is 525 Å². The van der Waals surface area contributed by atoms with E-state index in [1.54, 1.807) is 0 Å². The molecule has 6 rings (SSSR count). The third kappa shape index (κ3) is 23.3. The van der Waals surface area contributed by atoms with E-state index in [-0.39, 0.29) is 0 Å². The van der Waals surface area contributed by atoms with Crippen molar-refractivity contribution >= 4 is 60.8 Å². The molecular formula is C79H126N2OS2. The molecule has 1 aliphatic heterocycles. The number of fused-ring (bicyclic) bond motifs is 3. The van der Waals surface area contributed by atoms with Gasteiger partial charge in [-0.2, -0.15) is 0 Å². The molecule has 84 heavy (non-hydrogen) atoms. The van der Waals surface area contributed by atoms with Gasteiger partial charge in [-0.15, -0.1) is 22.7 Å². The van der Waals surface area contributed by atoms with Gasteiger partial charge in [0.1, 0.15) is 11.5 Å². The summed E-state index contributed by atoms with van der Waals surface area (Å²) in [5, 5.41) is 3.91. The minimum atomic E-state index is 0.546. The smallest absolute Gasteiger partial charge is 0.144 e. The Morgan fingerprint density at radius 3 is 1.43 bits per heavy atom. The predicted molar refractivity (Wildman–Crippen MR) is 380 cm³/mol. The van der Waals surface area contributed by atoms with Gasteiger partial charge in [-0.1, -0.05) is 304 Å². The number of hydrogen-bond donors (Lipinski definition) is 0. The molecule has 0 saturated heterocycles. The second-order valence-corrected chi connectivity index (χ2v) is 29.1. The fourth-order valence-corrected chi connectivity index (χ4v) is 16.2. The number of nitrogens with zero attached hydrogens (tertiary/aromatic N) is 2. The Balaban J connectivity index is 1.35. The monoisotopic (exact) mass is 1180 g/mol. The van der Waals surface area contributed by atoms with Gasteiger partial charge in [0.25, 0.3) is 0 Å². The van der Waals surface area contributed by atoms with E-state index >= 15 is 0 Å². The molecule has 2 unspecified atom stereocenters. The summed E-state index contributed by atoms with van der Waals surface area (Å²) in [4.78, 5) is 5.54. The molecule has 5 heteroatoms. The van der Waals surface area contributed by atoms with Gasteiger partial charge in [0.15, 0.2) is 0 Å². The van der Waals surface area contributed by atoms with Crippen LogP contribution in [0.3, 0.4) is 0 Å². The zero-order chi connectivity index (χ0) is 59.6. The Morgan fingerprint density at radius 1 is 0.536 bits per heavy atom. The first-order chi connectivity index (χ1) is 41.2. The van der Waals surface area contributed by atoms with E-state index in [0.717, 1.165) is 42.9 Å². The average Bonchev–Trinajstić information content (AvgIpc) is 2.06. The predicted octanol–water partition coefficient (Wildman–Crippen LogP) is 26.2. The molecule has 1 aromatic carbocycles. The highest BCUT2D eigenvalue weighted by atomic mass is 32.1. The lowest BCUT2D eigenvalue weighted by Gasteiger charge is -2.27. The van der Waals surface area contributed by atoms with Gasteiger partial charge in [0.05, 0.1) is 4.88 Å². The van der Waals surface area contributed by atoms with Crippen molar-refractivity contribution in [3.05, 3.63) is 75.6 Å². The summed E-state index contributed by atoms with van der Waals surface area (Å²) in [7, 11) is 0. The van der Waals surface area contributed by atoms with Gasteiger partial charge < -0.3 is 13.9 Å². The van der Waals surface area contributed by atoms with Crippen LogP contribution in [-0.4, -0.2) is 17.7 Å². The zero-order valence-electron chi connectivity index (χ0n) is 55.9. The Bertz CT molecular complexity index is 2690. The lowest BCUT2D eigenvalue weighted by atomic mass is 9.93. The second-order valence-electron chi connectivity index (χ2n) is 26.9. The molecule has 2 atom stereocenters. The lowest BCUT2D eigenvalue weighted by Crippen LogP contribution is -2.29. The van der Waals surface area contributed by atoms with E-state index in [1.165, 1.54) is 315 Å². The molecule has 470 valence electrons. The molecule has 5 aromatic rings. The molecule has 0 spiro atoms. The topological polar surface area (TPSA) is 21.3 Å². The van der Waals surface area contributed by atoms with Crippen molar-refractivity contribution in [2.24, 2.45) is 11.8 Å². The maximum absolute atomic E-state index is 7.15. The maximum Gasteiger partial charge on any atom is 0.144 e. The number of aromatic nitrogens is 1. The summed E-state index contributed by atoms with van der Waals surface area (Å²) in [5.41, 5.74) is 6.91. The highest BCUT2D eigenvalue weighted by Crippen LogP contribution is 2.43. The van der Waals surface area contributed by atoms with Crippen LogP contribution in [0.5, 0.6) is 0 Å². The van der Waals surface area contributed by atoms with E-state index in [1.807, 2.05) is 22.7 Å². The van der Waals surface area contributed by atoms with Crippen LogP contribution < -0.4 is 15.5 Å². The van der Waals surface area contributed by atoms with Gasteiger partial charge in [0, 0.05) is 66.6 Å². The first-order valence-electron chi connectivity index (χ1n) is 36.3. The first-order valence-corrected chi connectivity index (χ1v) is 37.9. The van der Waals surface area contributed by atoms with Crippen LogP contribution in [0.2, 0.25) is 0 Å². The zero-order valence-corrected chi connectivity index (χ0v) is 57.5. The Kier molecular flexibility index (Phi) is 34.1. The Morgan fingerprint density at radius 2 is 0.976 bits per heavy atom. The fraction of sp³-hybridized carbons (Fsp3) is 0.696. The molecule has 0 aliphatic carbocycles. The summed E-state index contributed by atoms with van der Waals surface area (Å²) >= 11 is 3.83. The number of rotatable bonds is 50. The molecule has 5 heterocycles. The van der Waals surface area contributed by atoms with Gasteiger partial charge in [-0.05, 0) is 104 Å². The second kappa shape index (κ2) is 41.0. The molecule has 0 bridgehead atoms. The quantitative estimate of drug-likeness (QED) is 0.0286. The van der Waals surface area contributed by atoms with Gasteiger partial charge in [0.2, 0.25) is 0 Å². The fourth-order valence-electron chi connectivity index (χ4n) is 13.8. The van der Waals surface area contributed by atoms with Crippen molar-refractivity contribution in [2.45, 2.75) is 331 Å². The maximum atomic E-state index is 7.15. The van der Waals surface area contributed by atoms with Crippen molar-refractivity contribution in [1.82, 2.24) is 4.57 Å². The summed E-state index contributed by atoms with van der Waals surface area (Å²) in [6, 6.07) is 14.6. The largest absolute Gasteiger partial charge is 0.455 e. The number of anilines is 1.